The van der Waals surface area contributed by atoms with Gasteiger partial charge in [0.1, 0.15) is 11.6 Å². The fourth-order valence-corrected chi connectivity index (χ4v) is 4.70. The van der Waals surface area contributed by atoms with Gasteiger partial charge < -0.3 is 19.4 Å². The highest BCUT2D eigenvalue weighted by Crippen LogP contribution is 2.37. The van der Waals surface area contributed by atoms with Crippen LogP contribution in [-0.2, 0) is 0 Å². The van der Waals surface area contributed by atoms with E-state index < -0.39 is 6.09 Å². The zero-order valence-electron chi connectivity index (χ0n) is 18.2. The molecule has 1 unspecified atom stereocenters. The summed E-state index contributed by atoms with van der Waals surface area (Å²) < 4.78 is 5.36. The number of fused-ring (bicyclic) bond motifs is 1. The first-order chi connectivity index (χ1) is 15.9. The highest BCUT2D eigenvalue weighted by atomic mass is 35.5. The molecule has 4 aromatic rings. The Morgan fingerprint density at radius 1 is 1.12 bits per heavy atom. The number of aryl methyl sites for hydroxylation is 2. The average Bonchev–Trinajstić information content (AvgIpc) is 3.16. The van der Waals surface area contributed by atoms with Crippen molar-refractivity contribution in [2.45, 2.75) is 19.9 Å². The summed E-state index contributed by atoms with van der Waals surface area (Å²) in [4.78, 5) is 24.3. The van der Waals surface area contributed by atoms with Crippen molar-refractivity contribution in [2.75, 3.05) is 24.5 Å². The van der Waals surface area contributed by atoms with Gasteiger partial charge in [-0.15, -0.1) is 0 Å². The van der Waals surface area contributed by atoms with Crippen LogP contribution in [-0.4, -0.2) is 50.9 Å². The van der Waals surface area contributed by atoms with Crippen LogP contribution in [0.3, 0.4) is 0 Å². The third-order valence-electron chi connectivity index (χ3n) is 6.08. The van der Waals surface area contributed by atoms with Gasteiger partial charge >= 0.3 is 6.09 Å². The fraction of sp³-hybridized carbons (Fsp3) is 0.250. The number of hydrogen-bond acceptors (Lipinski definition) is 6. The molecular formula is C24H22ClN5O3. The van der Waals surface area contributed by atoms with Crippen molar-refractivity contribution < 1.29 is 14.4 Å². The predicted octanol–water partition coefficient (Wildman–Crippen LogP) is 5.10. The number of nitrogens with zero attached hydrogens (tertiary/aromatic N) is 5. The molecule has 5 rings (SSSR count). The lowest BCUT2D eigenvalue weighted by Crippen LogP contribution is -2.50. The summed E-state index contributed by atoms with van der Waals surface area (Å²) in [6.45, 7) is 4.96. The molecule has 168 valence electrons. The third kappa shape index (κ3) is 3.87. The van der Waals surface area contributed by atoms with E-state index in [0.717, 1.165) is 33.5 Å². The number of carboxylic acid groups (broad SMARTS) is 1. The van der Waals surface area contributed by atoms with Gasteiger partial charge in [-0.1, -0.05) is 41.6 Å². The molecule has 0 radical (unpaired) electrons. The van der Waals surface area contributed by atoms with Gasteiger partial charge in [0.15, 0.2) is 0 Å². The Morgan fingerprint density at radius 2 is 1.91 bits per heavy atom. The van der Waals surface area contributed by atoms with Gasteiger partial charge in [-0.3, -0.25) is 0 Å². The Bertz CT molecular complexity index is 1320. The normalized spacial score (nSPS) is 16.4. The molecule has 1 amide bonds. The van der Waals surface area contributed by atoms with Gasteiger partial charge in [-0.05, 0) is 48.7 Å². The summed E-state index contributed by atoms with van der Waals surface area (Å²) in [5.41, 5.74) is 4.42. The smallest absolute Gasteiger partial charge is 0.407 e. The van der Waals surface area contributed by atoms with Crippen LogP contribution in [0.1, 0.15) is 23.1 Å². The zero-order chi connectivity index (χ0) is 23.1. The van der Waals surface area contributed by atoms with Crippen molar-refractivity contribution in [3.63, 3.8) is 0 Å². The lowest BCUT2D eigenvalue weighted by Gasteiger charge is -2.41. The van der Waals surface area contributed by atoms with Gasteiger partial charge in [-0.25, -0.2) is 9.78 Å². The first kappa shape index (κ1) is 21.2. The molecule has 3 heterocycles. The van der Waals surface area contributed by atoms with E-state index in [-0.39, 0.29) is 11.3 Å². The molecule has 33 heavy (non-hydrogen) atoms. The van der Waals surface area contributed by atoms with Crippen LogP contribution in [0.2, 0.25) is 5.28 Å². The number of amides is 1. The minimum absolute atomic E-state index is 0.148. The Labute approximate surface area is 195 Å². The number of benzene rings is 2. The fourth-order valence-electron chi connectivity index (χ4n) is 4.52. The van der Waals surface area contributed by atoms with E-state index in [4.69, 9.17) is 16.1 Å². The maximum Gasteiger partial charge on any atom is 0.407 e. The van der Waals surface area contributed by atoms with Gasteiger partial charge in [0, 0.05) is 30.6 Å². The van der Waals surface area contributed by atoms with Gasteiger partial charge in [0.25, 0.3) is 0 Å². The van der Waals surface area contributed by atoms with Gasteiger partial charge in [0.2, 0.25) is 5.28 Å². The summed E-state index contributed by atoms with van der Waals surface area (Å²) in [6, 6.07) is 15.6. The molecule has 1 fully saturated rings. The number of aromatic nitrogens is 3. The largest absolute Gasteiger partial charge is 0.465 e. The summed E-state index contributed by atoms with van der Waals surface area (Å²) in [5.74, 6) is 1.41. The number of hydrogen-bond donors (Lipinski definition) is 1. The highest BCUT2D eigenvalue weighted by Gasteiger charge is 2.32. The Balaban J connectivity index is 1.67. The van der Waals surface area contributed by atoms with Crippen LogP contribution in [0.25, 0.3) is 22.0 Å². The van der Waals surface area contributed by atoms with E-state index in [1.165, 1.54) is 4.90 Å². The van der Waals surface area contributed by atoms with E-state index in [1.807, 2.05) is 62.4 Å². The van der Waals surface area contributed by atoms with E-state index in [9.17, 15) is 9.90 Å². The van der Waals surface area contributed by atoms with E-state index in [2.05, 4.69) is 20.0 Å². The van der Waals surface area contributed by atoms with Crippen LogP contribution in [0.4, 0.5) is 10.6 Å². The second-order valence-electron chi connectivity index (χ2n) is 8.10. The highest BCUT2D eigenvalue weighted by molar-refractivity contribution is 6.28. The molecule has 1 atom stereocenters. The van der Waals surface area contributed by atoms with E-state index in [0.29, 0.717) is 31.0 Å². The number of anilines is 1. The first-order valence-corrected chi connectivity index (χ1v) is 11.0. The van der Waals surface area contributed by atoms with E-state index in [1.54, 1.807) is 0 Å². The van der Waals surface area contributed by atoms with Crippen molar-refractivity contribution in [1.82, 2.24) is 20.0 Å². The topological polar surface area (TPSA) is 95.6 Å². The second-order valence-corrected chi connectivity index (χ2v) is 8.43. The minimum atomic E-state index is -0.929. The lowest BCUT2D eigenvalue weighted by molar-refractivity contribution is 0.134. The SMILES string of the molecule is Cc1noc(C)c1-c1ccc2nc(Cl)nc(N3CCN(C(=O)O)CC3c3ccccc3)c2c1. The molecule has 8 nitrogen and oxygen atoms in total. The average molecular weight is 464 g/mol. The maximum absolute atomic E-state index is 11.7. The lowest BCUT2D eigenvalue weighted by atomic mass is 10.00. The second kappa shape index (κ2) is 8.37. The van der Waals surface area contributed by atoms with Gasteiger partial charge in [0.05, 0.1) is 17.3 Å². The van der Waals surface area contributed by atoms with Gasteiger partial charge in [-0.2, -0.15) is 4.98 Å². The maximum atomic E-state index is 11.7. The van der Waals surface area contributed by atoms with Crippen molar-refractivity contribution in [3.8, 4) is 11.1 Å². The number of piperazine rings is 1. The molecule has 1 aliphatic rings. The molecule has 1 N–H and O–H groups in total. The Hall–Kier alpha value is -3.65. The van der Waals surface area contributed by atoms with Crippen LogP contribution in [0.15, 0.2) is 53.1 Å². The number of carbonyl (C=O) groups is 1. The summed E-state index contributed by atoms with van der Waals surface area (Å²) in [5, 5.41) is 14.7. The van der Waals surface area contributed by atoms with Crippen molar-refractivity contribution >= 4 is 34.4 Å². The standard InChI is InChI=1S/C24H22ClN5O3/c1-14-21(15(2)33-28-14)17-8-9-19-18(12-17)22(27-23(25)26-19)30-11-10-29(24(31)32)13-20(30)16-6-4-3-5-7-16/h3-9,12,20H,10-11,13H2,1-2H3,(H,31,32). The summed E-state index contributed by atoms with van der Waals surface area (Å²) in [7, 11) is 0. The zero-order valence-corrected chi connectivity index (χ0v) is 19.0. The molecule has 9 heteroatoms. The monoisotopic (exact) mass is 463 g/mol. The van der Waals surface area contributed by atoms with Crippen LogP contribution in [0.5, 0.6) is 0 Å². The Kier molecular flexibility index (Phi) is 5.38. The van der Waals surface area contributed by atoms with Crippen LogP contribution < -0.4 is 4.90 Å². The van der Waals surface area contributed by atoms with Crippen LogP contribution >= 0.6 is 11.6 Å². The van der Waals surface area contributed by atoms with Crippen LogP contribution in [0, 0.1) is 13.8 Å². The predicted molar refractivity (Wildman–Crippen MR) is 126 cm³/mol. The molecule has 2 aromatic heterocycles. The summed E-state index contributed by atoms with van der Waals surface area (Å²) >= 11 is 6.33. The van der Waals surface area contributed by atoms with E-state index >= 15 is 0 Å². The third-order valence-corrected chi connectivity index (χ3v) is 6.25. The first-order valence-electron chi connectivity index (χ1n) is 10.6. The Morgan fingerprint density at radius 3 is 2.61 bits per heavy atom. The molecule has 1 aliphatic heterocycles. The molecule has 2 aromatic carbocycles. The number of halogens is 1. The summed E-state index contributed by atoms with van der Waals surface area (Å²) in [6.07, 6.45) is -0.929. The molecule has 0 bridgehead atoms. The molecule has 0 aliphatic carbocycles. The van der Waals surface area contributed by atoms with Crippen molar-refractivity contribution in [2.24, 2.45) is 0 Å². The van der Waals surface area contributed by atoms with Crippen molar-refractivity contribution in [1.29, 1.82) is 0 Å². The number of rotatable bonds is 3. The minimum Gasteiger partial charge on any atom is -0.465 e. The quantitative estimate of drug-likeness (QED) is 0.422. The molecule has 0 spiro atoms. The molecular weight excluding hydrogens is 442 g/mol. The molecule has 1 saturated heterocycles. The van der Waals surface area contributed by atoms with Crippen molar-refractivity contribution in [3.05, 3.63) is 70.8 Å². The molecule has 0 saturated carbocycles.